The molecule has 0 radical (unpaired) electrons. The quantitative estimate of drug-likeness (QED) is 0.649. The van der Waals surface area contributed by atoms with Crippen LogP contribution in [0.1, 0.15) is 19.6 Å². The fourth-order valence-corrected chi connectivity index (χ4v) is 0.562. The maximum Gasteiger partial charge on any atom is 0.292 e. The number of nitrogens with two attached hydrogens (primary N) is 1. The molecule has 2 N–H and O–H groups in total. The summed E-state index contributed by atoms with van der Waals surface area (Å²) in [4.78, 5) is 3.55. The molecule has 4 heteroatoms. The molecule has 1 heterocycles. The van der Waals surface area contributed by atoms with Crippen LogP contribution >= 0.6 is 0 Å². The highest BCUT2D eigenvalue weighted by molar-refractivity contribution is 5.14. The molecule has 0 saturated carbocycles. The Balaban J connectivity index is 2.96. The number of hydrogen-bond donors (Lipinski definition) is 1. The largest absolute Gasteiger partial charge is 0.425 e. The fraction of sp³-hybridized carbons (Fsp3) is 0.500. The second-order valence-corrected chi connectivity index (χ2v) is 2.54. The third-order valence-electron chi connectivity index (χ3n) is 1.11. The first kappa shape index (κ1) is 7.05. The normalized spacial score (nSPS) is 11.9. The summed E-state index contributed by atoms with van der Waals surface area (Å²) in [6.45, 7) is 2.76. The van der Waals surface area contributed by atoms with Gasteiger partial charge in [0.15, 0.2) is 11.4 Å². The molecule has 0 atom stereocenters. The molecule has 0 unspecified atom stereocenters. The van der Waals surface area contributed by atoms with Gasteiger partial charge in [-0.3, -0.25) is 0 Å². The summed E-state index contributed by atoms with van der Waals surface area (Å²) < 4.78 is 17.7. The highest BCUT2D eigenvalue weighted by Gasteiger charge is 2.23. The Bertz CT molecular complexity index is 226. The molecule has 1 aromatic heterocycles. The molecule has 0 aromatic carbocycles. The second kappa shape index (κ2) is 1.97. The minimum atomic E-state index is -1.50. The first-order chi connectivity index (χ1) is 4.50. The van der Waals surface area contributed by atoms with Crippen LogP contribution < -0.4 is 5.73 Å². The van der Waals surface area contributed by atoms with Crippen LogP contribution in [0, 0.1) is 0 Å². The topological polar surface area (TPSA) is 52.0 Å². The molecule has 10 heavy (non-hydrogen) atoms. The molecule has 0 aliphatic rings. The average Bonchev–Trinajstić information content (AvgIpc) is 2.11. The fourth-order valence-electron chi connectivity index (χ4n) is 0.562. The maximum atomic E-state index is 12.9. The Morgan fingerprint density at radius 1 is 1.70 bits per heavy atom. The molecule has 1 aromatic rings. The molecule has 3 nitrogen and oxygen atoms in total. The van der Waals surface area contributed by atoms with Gasteiger partial charge >= 0.3 is 0 Å². The van der Waals surface area contributed by atoms with Gasteiger partial charge in [-0.15, -0.1) is 0 Å². The first-order valence-corrected chi connectivity index (χ1v) is 2.91. The van der Waals surface area contributed by atoms with E-state index in [1.807, 2.05) is 0 Å². The third-order valence-corrected chi connectivity index (χ3v) is 1.11. The zero-order valence-electron chi connectivity index (χ0n) is 5.89. The van der Waals surface area contributed by atoms with E-state index < -0.39 is 5.67 Å². The minimum Gasteiger partial charge on any atom is -0.425 e. The molecular weight excluding hydrogens is 135 g/mol. The van der Waals surface area contributed by atoms with E-state index in [4.69, 9.17) is 10.2 Å². The van der Waals surface area contributed by atoms with Crippen LogP contribution in [0.3, 0.4) is 0 Å². The van der Waals surface area contributed by atoms with Crippen molar-refractivity contribution >= 4 is 6.01 Å². The molecule has 0 aliphatic heterocycles. The molecule has 0 amide bonds. The van der Waals surface area contributed by atoms with Crippen molar-refractivity contribution < 1.29 is 8.81 Å². The molecular formula is C6H9FN2O. The van der Waals surface area contributed by atoms with Gasteiger partial charge in [0.25, 0.3) is 6.01 Å². The van der Waals surface area contributed by atoms with Crippen LogP contribution in [-0.4, -0.2) is 4.98 Å². The monoisotopic (exact) mass is 144 g/mol. The summed E-state index contributed by atoms with van der Waals surface area (Å²) in [5.74, 6) is 0.157. The maximum absolute atomic E-state index is 12.9. The van der Waals surface area contributed by atoms with Gasteiger partial charge in [0, 0.05) is 0 Å². The predicted molar refractivity (Wildman–Crippen MR) is 35.0 cm³/mol. The van der Waals surface area contributed by atoms with E-state index in [0.717, 1.165) is 0 Å². The third kappa shape index (κ3) is 1.26. The van der Waals surface area contributed by atoms with Crippen molar-refractivity contribution in [1.82, 2.24) is 4.98 Å². The van der Waals surface area contributed by atoms with Gasteiger partial charge in [-0.05, 0) is 13.8 Å². The Kier molecular flexibility index (Phi) is 1.39. The summed E-state index contributed by atoms with van der Waals surface area (Å²) >= 11 is 0. The number of alkyl halides is 1. The van der Waals surface area contributed by atoms with Crippen LogP contribution in [0.5, 0.6) is 0 Å². The Morgan fingerprint density at radius 3 is 2.50 bits per heavy atom. The summed E-state index contributed by atoms with van der Waals surface area (Å²) in [5.41, 5.74) is 3.64. The molecule has 1 rings (SSSR count). The molecule has 0 spiro atoms. The molecule has 0 fully saturated rings. The van der Waals surface area contributed by atoms with E-state index in [1.165, 1.54) is 20.0 Å². The SMILES string of the molecule is CC(C)(F)c1cnc(N)o1. The van der Waals surface area contributed by atoms with Gasteiger partial charge in [-0.2, -0.15) is 0 Å². The lowest BCUT2D eigenvalue weighted by molar-refractivity contribution is 0.181. The van der Waals surface area contributed by atoms with Crippen molar-refractivity contribution in [2.75, 3.05) is 5.73 Å². The van der Waals surface area contributed by atoms with Crippen molar-refractivity contribution in [2.45, 2.75) is 19.5 Å². The molecule has 0 aliphatic carbocycles. The van der Waals surface area contributed by atoms with E-state index >= 15 is 0 Å². The molecule has 56 valence electrons. The van der Waals surface area contributed by atoms with Gasteiger partial charge < -0.3 is 10.2 Å². The lowest BCUT2D eigenvalue weighted by atomic mass is 10.1. The lowest BCUT2D eigenvalue weighted by Crippen LogP contribution is -2.06. The van der Waals surface area contributed by atoms with Gasteiger partial charge in [-0.25, -0.2) is 9.37 Å². The number of hydrogen-bond acceptors (Lipinski definition) is 3. The number of nitrogens with zero attached hydrogens (tertiary/aromatic N) is 1. The van der Waals surface area contributed by atoms with Crippen LogP contribution in [0.4, 0.5) is 10.4 Å². The summed E-state index contributed by atoms with van der Waals surface area (Å²) in [6.07, 6.45) is 1.29. The Hall–Kier alpha value is -1.06. The smallest absolute Gasteiger partial charge is 0.292 e. The van der Waals surface area contributed by atoms with Crippen molar-refractivity contribution in [3.8, 4) is 0 Å². The summed E-state index contributed by atoms with van der Waals surface area (Å²) in [6, 6.07) is 0.000671. The van der Waals surface area contributed by atoms with E-state index in [2.05, 4.69) is 4.98 Å². The Morgan fingerprint density at radius 2 is 2.30 bits per heavy atom. The second-order valence-electron chi connectivity index (χ2n) is 2.54. The van der Waals surface area contributed by atoms with Crippen LogP contribution in [0.15, 0.2) is 10.6 Å². The van der Waals surface area contributed by atoms with E-state index in [1.54, 1.807) is 0 Å². The summed E-state index contributed by atoms with van der Waals surface area (Å²) in [5, 5.41) is 0. The van der Waals surface area contributed by atoms with E-state index in [9.17, 15) is 4.39 Å². The van der Waals surface area contributed by atoms with Crippen LogP contribution in [0.2, 0.25) is 0 Å². The Labute approximate surface area is 58.0 Å². The van der Waals surface area contributed by atoms with Crippen LogP contribution in [0.25, 0.3) is 0 Å². The number of aromatic nitrogens is 1. The molecule has 0 bridgehead atoms. The van der Waals surface area contributed by atoms with Crippen LogP contribution in [-0.2, 0) is 5.67 Å². The van der Waals surface area contributed by atoms with Gasteiger partial charge in [0.1, 0.15) is 0 Å². The zero-order valence-corrected chi connectivity index (χ0v) is 5.89. The number of anilines is 1. The van der Waals surface area contributed by atoms with Crippen molar-refractivity contribution in [2.24, 2.45) is 0 Å². The molecule has 0 saturated heterocycles. The highest BCUT2D eigenvalue weighted by atomic mass is 19.1. The lowest BCUT2D eigenvalue weighted by Gasteiger charge is -2.07. The number of rotatable bonds is 1. The number of oxazole rings is 1. The van der Waals surface area contributed by atoms with Gasteiger partial charge in [0.2, 0.25) is 0 Å². The van der Waals surface area contributed by atoms with Crippen molar-refractivity contribution in [3.63, 3.8) is 0 Å². The first-order valence-electron chi connectivity index (χ1n) is 2.91. The summed E-state index contributed by atoms with van der Waals surface area (Å²) in [7, 11) is 0. The number of nitrogen functional groups attached to an aromatic ring is 1. The van der Waals surface area contributed by atoms with Gasteiger partial charge in [-0.1, -0.05) is 0 Å². The average molecular weight is 144 g/mol. The van der Waals surface area contributed by atoms with E-state index in [0.29, 0.717) is 0 Å². The van der Waals surface area contributed by atoms with Crippen molar-refractivity contribution in [3.05, 3.63) is 12.0 Å². The van der Waals surface area contributed by atoms with Crippen molar-refractivity contribution in [1.29, 1.82) is 0 Å². The number of halogens is 1. The van der Waals surface area contributed by atoms with Gasteiger partial charge in [0.05, 0.1) is 6.20 Å². The standard InChI is InChI=1S/C6H9FN2O/c1-6(2,7)4-3-9-5(8)10-4/h3H,1-2H3,(H2,8,9). The highest BCUT2D eigenvalue weighted by Crippen LogP contribution is 2.25. The predicted octanol–water partition coefficient (Wildman–Crippen LogP) is 1.46. The van der Waals surface area contributed by atoms with E-state index in [-0.39, 0.29) is 11.8 Å². The zero-order chi connectivity index (χ0) is 7.78. The minimum absolute atomic E-state index is 0.000671.